The van der Waals surface area contributed by atoms with Crippen molar-refractivity contribution in [3.05, 3.63) is 42.8 Å². The van der Waals surface area contributed by atoms with Crippen molar-refractivity contribution in [2.75, 3.05) is 32.6 Å². The summed E-state index contributed by atoms with van der Waals surface area (Å²) in [6.45, 7) is 4.94. The lowest BCUT2D eigenvalue weighted by atomic mass is 10.0. The number of hydrazine groups is 1. The van der Waals surface area contributed by atoms with Gasteiger partial charge in [0.1, 0.15) is 6.34 Å². The Balaban J connectivity index is 1.54. The molecule has 0 bridgehead atoms. The van der Waals surface area contributed by atoms with Crippen LogP contribution in [0.3, 0.4) is 0 Å². The Labute approximate surface area is 169 Å². The lowest BCUT2D eigenvalue weighted by Crippen LogP contribution is -2.48. The van der Waals surface area contributed by atoms with Gasteiger partial charge in [0, 0.05) is 30.8 Å². The minimum Gasteiger partial charge on any atom is -0.493 e. The summed E-state index contributed by atoms with van der Waals surface area (Å²) < 4.78 is 10.7. The molecule has 1 aromatic rings. The first kappa shape index (κ1) is 18.9. The highest BCUT2D eigenvalue weighted by Crippen LogP contribution is 2.33. The van der Waals surface area contributed by atoms with Gasteiger partial charge in [-0.1, -0.05) is 6.58 Å². The molecule has 9 heteroatoms. The second-order valence-corrected chi connectivity index (χ2v) is 6.89. The van der Waals surface area contributed by atoms with Crippen molar-refractivity contribution in [3.8, 4) is 11.5 Å². The summed E-state index contributed by atoms with van der Waals surface area (Å²) in [7, 11) is 3.20. The van der Waals surface area contributed by atoms with Gasteiger partial charge >= 0.3 is 0 Å². The van der Waals surface area contributed by atoms with Crippen LogP contribution in [0.4, 0.5) is 5.69 Å². The maximum atomic E-state index is 11.9. The average molecular weight is 396 g/mol. The van der Waals surface area contributed by atoms with E-state index >= 15 is 0 Å². The maximum absolute atomic E-state index is 11.9. The number of rotatable bonds is 5. The summed E-state index contributed by atoms with van der Waals surface area (Å²) in [4.78, 5) is 22.9. The first-order valence-corrected chi connectivity index (χ1v) is 9.39. The number of aliphatic imine (C=N–C) groups is 2. The highest BCUT2D eigenvalue weighted by molar-refractivity contribution is 6.01. The van der Waals surface area contributed by atoms with Crippen LogP contribution < -0.4 is 20.2 Å². The van der Waals surface area contributed by atoms with Gasteiger partial charge in [-0.15, -0.1) is 0 Å². The van der Waals surface area contributed by atoms with Crippen molar-refractivity contribution < 1.29 is 14.3 Å². The zero-order valence-electron chi connectivity index (χ0n) is 16.5. The molecule has 1 fully saturated rings. The van der Waals surface area contributed by atoms with Gasteiger partial charge in [-0.05, 0) is 24.6 Å². The van der Waals surface area contributed by atoms with E-state index in [4.69, 9.17) is 9.47 Å². The Kier molecular flexibility index (Phi) is 5.11. The SMILES string of the molecule is C=CC(=O)N1CCC(C2=CN=C(Nc3ccc(OC)c(OC)c3)C3N=CNN23)C1. The Hall–Kier alpha value is -3.49. The zero-order chi connectivity index (χ0) is 20.4. The summed E-state index contributed by atoms with van der Waals surface area (Å²) in [5, 5.41) is 5.31. The monoisotopic (exact) mass is 396 g/mol. The Bertz CT molecular complexity index is 909. The van der Waals surface area contributed by atoms with E-state index in [2.05, 4.69) is 27.3 Å². The van der Waals surface area contributed by atoms with Gasteiger partial charge in [0.25, 0.3) is 0 Å². The number of hydrogen-bond donors (Lipinski definition) is 2. The average Bonchev–Trinajstić information content (AvgIpc) is 3.43. The summed E-state index contributed by atoms with van der Waals surface area (Å²) in [6.07, 6.45) is 5.45. The minimum absolute atomic E-state index is 0.0367. The van der Waals surface area contributed by atoms with E-state index < -0.39 is 0 Å². The molecule has 29 heavy (non-hydrogen) atoms. The number of amidine groups is 1. The molecule has 3 aliphatic heterocycles. The van der Waals surface area contributed by atoms with E-state index in [-0.39, 0.29) is 18.0 Å². The van der Waals surface area contributed by atoms with E-state index in [1.165, 1.54) is 6.08 Å². The third-order valence-electron chi connectivity index (χ3n) is 5.26. The van der Waals surface area contributed by atoms with Crippen LogP contribution in [0.15, 0.2) is 52.7 Å². The van der Waals surface area contributed by atoms with Crippen LogP contribution in [0.5, 0.6) is 11.5 Å². The van der Waals surface area contributed by atoms with E-state index in [9.17, 15) is 4.79 Å². The molecule has 0 saturated carbocycles. The number of hydrogen-bond acceptors (Lipinski definition) is 8. The van der Waals surface area contributed by atoms with Gasteiger partial charge in [-0.2, -0.15) is 0 Å². The topological polar surface area (TPSA) is 90.8 Å². The largest absolute Gasteiger partial charge is 0.493 e. The number of nitrogens with one attached hydrogen (secondary N) is 2. The number of carbonyl (C=O) groups excluding carboxylic acids is 1. The smallest absolute Gasteiger partial charge is 0.245 e. The van der Waals surface area contributed by atoms with Crippen LogP contribution in [0, 0.1) is 5.92 Å². The molecule has 3 heterocycles. The Morgan fingerprint density at radius 1 is 1.34 bits per heavy atom. The van der Waals surface area contributed by atoms with Crippen molar-refractivity contribution in [2.45, 2.75) is 12.6 Å². The predicted octanol–water partition coefficient (Wildman–Crippen LogP) is 1.58. The molecule has 0 aromatic heterocycles. The summed E-state index contributed by atoms with van der Waals surface area (Å²) in [5.41, 5.74) is 5.03. The fourth-order valence-corrected chi connectivity index (χ4v) is 3.77. The van der Waals surface area contributed by atoms with E-state index in [0.717, 1.165) is 17.8 Å². The molecule has 2 N–H and O–H groups in total. The van der Waals surface area contributed by atoms with E-state index in [1.807, 2.05) is 34.3 Å². The van der Waals surface area contributed by atoms with Gasteiger partial charge in [0.2, 0.25) is 5.91 Å². The number of benzene rings is 1. The lowest BCUT2D eigenvalue weighted by Gasteiger charge is -2.33. The molecule has 3 aliphatic rings. The van der Waals surface area contributed by atoms with Gasteiger partial charge in [-0.25, -0.2) is 9.98 Å². The molecular weight excluding hydrogens is 372 g/mol. The summed E-state index contributed by atoms with van der Waals surface area (Å²) >= 11 is 0. The van der Waals surface area contributed by atoms with Crippen LogP contribution in [0.2, 0.25) is 0 Å². The third kappa shape index (κ3) is 3.51. The lowest BCUT2D eigenvalue weighted by molar-refractivity contribution is -0.125. The molecule has 0 radical (unpaired) electrons. The van der Waals surface area contributed by atoms with Crippen LogP contribution in [-0.2, 0) is 4.79 Å². The predicted molar refractivity (Wildman–Crippen MR) is 111 cm³/mol. The second kappa shape index (κ2) is 7.86. The van der Waals surface area contributed by atoms with Crippen molar-refractivity contribution >= 4 is 23.8 Å². The first-order chi connectivity index (χ1) is 14.1. The van der Waals surface area contributed by atoms with Crippen LogP contribution in [0.25, 0.3) is 0 Å². The quantitative estimate of drug-likeness (QED) is 0.735. The molecule has 2 unspecified atom stereocenters. The van der Waals surface area contributed by atoms with Gasteiger partial charge < -0.3 is 19.7 Å². The molecule has 9 nitrogen and oxygen atoms in total. The first-order valence-electron chi connectivity index (χ1n) is 9.39. The van der Waals surface area contributed by atoms with Crippen molar-refractivity contribution in [1.82, 2.24) is 15.3 Å². The van der Waals surface area contributed by atoms with Crippen LogP contribution >= 0.6 is 0 Å². The number of anilines is 1. The number of carbonyl (C=O) groups is 1. The molecule has 2 atom stereocenters. The summed E-state index contributed by atoms with van der Waals surface area (Å²) in [5.74, 6) is 2.15. The van der Waals surface area contributed by atoms with Crippen LogP contribution in [0.1, 0.15) is 6.42 Å². The second-order valence-electron chi connectivity index (χ2n) is 6.89. The molecule has 1 saturated heterocycles. The normalized spacial score (nSPS) is 22.4. The standard InChI is InChI=1S/C20H24N6O3/c1-4-18(27)25-8-7-13(11-25)15-10-21-19(20-22-12-23-26(15)20)24-14-5-6-16(28-2)17(9-14)29-3/h4-6,9-10,12-13,20H,1,7-8,11H2,2-3H3,(H,21,24)(H,22,23). The molecule has 1 amide bonds. The molecule has 0 aliphatic carbocycles. The number of ether oxygens (including phenoxy) is 2. The number of nitrogens with zero attached hydrogens (tertiary/aromatic N) is 4. The summed E-state index contributed by atoms with van der Waals surface area (Å²) in [6, 6.07) is 5.59. The minimum atomic E-state index is -0.299. The van der Waals surface area contributed by atoms with Crippen LogP contribution in [-0.4, -0.2) is 61.5 Å². The van der Waals surface area contributed by atoms with Crippen molar-refractivity contribution in [1.29, 1.82) is 0 Å². The van der Waals surface area contributed by atoms with Gasteiger partial charge in [-0.3, -0.25) is 15.2 Å². The molecule has 1 aromatic carbocycles. The number of likely N-dealkylation sites (tertiary alicyclic amines) is 1. The molecule has 0 spiro atoms. The fourth-order valence-electron chi connectivity index (χ4n) is 3.77. The number of methoxy groups -OCH3 is 2. The van der Waals surface area contributed by atoms with Gasteiger partial charge in [0.05, 0.1) is 26.1 Å². The highest BCUT2D eigenvalue weighted by Gasteiger charge is 2.37. The Morgan fingerprint density at radius 2 is 2.17 bits per heavy atom. The molecule has 152 valence electrons. The number of fused-ring (bicyclic) bond motifs is 1. The number of amides is 1. The van der Waals surface area contributed by atoms with E-state index in [0.29, 0.717) is 30.4 Å². The van der Waals surface area contributed by atoms with E-state index in [1.54, 1.807) is 20.6 Å². The highest BCUT2D eigenvalue weighted by atomic mass is 16.5. The maximum Gasteiger partial charge on any atom is 0.245 e. The zero-order valence-corrected chi connectivity index (χ0v) is 16.5. The Morgan fingerprint density at radius 3 is 2.93 bits per heavy atom. The van der Waals surface area contributed by atoms with Crippen molar-refractivity contribution in [2.24, 2.45) is 15.9 Å². The molecular formula is C20H24N6O3. The van der Waals surface area contributed by atoms with Gasteiger partial charge in [0.15, 0.2) is 23.5 Å². The van der Waals surface area contributed by atoms with Crippen molar-refractivity contribution in [3.63, 3.8) is 0 Å². The fraction of sp³-hybridized carbons (Fsp3) is 0.350. The third-order valence-corrected chi connectivity index (χ3v) is 5.26. The molecule has 4 rings (SSSR count).